The Kier molecular flexibility index (Phi) is 3.29. The third-order valence-electron chi connectivity index (χ3n) is 2.53. The summed E-state index contributed by atoms with van der Waals surface area (Å²) in [6.07, 6.45) is 0. The number of hydrogen-bond donors (Lipinski definition) is 2. The lowest BCUT2D eigenvalue weighted by atomic mass is 9.86. The molecule has 0 heterocycles. The molecule has 78 valence electrons. The molecule has 14 heavy (non-hydrogen) atoms. The molecule has 0 aliphatic carbocycles. The summed E-state index contributed by atoms with van der Waals surface area (Å²) in [5.41, 5.74) is 5.53. The maximum absolute atomic E-state index is 5.38. The molecule has 0 aliphatic heterocycles. The number of hydrogen-bond acceptors (Lipinski definition) is 2. The molecule has 0 bridgehead atoms. The molecule has 3 N–H and O–H groups in total. The first-order chi connectivity index (χ1) is 6.45. The van der Waals surface area contributed by atoms with E-state index in [4.69, 9.17) is 5.84 Å². The highest BCUT2D eigenvalue weighted by molar-refractivity contribution is 5.28. The van der Waals surface area contributed by atoms with Crippen LogP contribution < -0.4 is 11.3 Å². The molecule has 1 aromatic carbocycles. The van der Waals surface area contributed by atoms with E-state index in [1.54, 1.807) is 0 Å². The monoisotopic (exact) mass is 192 g/mol. The topological polar surface area (TPSA) is 38.0 Å². The zero-order valence-electron chi connectivity index (χ0n) is 9.46. The highest BCUT2D eigenvalue weighted by atomic mass is 15.2. The lowest BCUT2D eigenvalue weighted by Crippen LogP contribution is -2.25. The maximum Gasteiger partial charge on any atom is 0.0431 e. The van der Waals surface area contributed by atoms with Gasteiger partial charge in [-0.05, 0) is 23.5 Å². The molecular formula is C12H20N2. The van der Waals surface area contributed by atoms with Gasteiger partial charge >= 0.3 is 0 Å². The summed E-state index contributed by atoms with van der Waals surface area (Å²) < 4.78 is 0. The first-order valence-electron chi connectivity index (χ1n) is 5.01. The van der Waals surface area contributed by atoms with E-state index in [2.05, 4.69) is 50.5 Å². The second kappa shape index (κ2) is 4.11. The third kappa shape index (κ3) is 2.56. The zero-order valence-corrected chi connectivity index (χ0v) is 9.46. The Bertz CT molecular complexity index is 282. The summed E-state index contributed by atoms with van der Waals surface area (Å²) in [7, 11) is 0. The Morgan fingerprint density at radius 1 is 1.14 bits per heavy atom. The maximum atomic E-state index is 5.38. The fourth-order valence-electron chi connectivity index (χ4n) is 1.37. The van der Waals surface area contributed by atoms with Crippen LogP contribution in [0.1, 0.15) is 44.9 Å². The number of rotatable bonds is 2. The van der Waals surface area contributed by atoms with E-state index in [0.717, 1.165) is 0 Å². The Labute approximate surface area is 86.5 Å². The minimum atomic E-state index is 0.212. The van der Waals surface area contributed by atoms with Gasteiger partial charge in [-0.25, -0.2) is 0 Å². The predicted octanol–water partition coefficient (Wildman–Crippen LogP) is 2.51. The van der Waals surface area contributed by atoms with Gasteiger partial charge in [0.15, 0.2) is 0 Å². The van der Waals surface area contributed by atoms with Crippen LogP contribution >= 0.6 is 0 Å². The first kappa shape index (κ1) is 11.2. The molecule has 1 aromatic rings. The van der Waals surface area contributed by atoms with Crippen LogP contribution in [-0.4, -0.2) is 0 Å². The summed E-state index contributed by atoms with van der Waals surface area (Å²) in [6.45, 7) is 8.69. The number of nitrogens with one attached hydrogen (secondary N) is 1. The molecule has 0 unspecified atom stereocenters. The van der Waals surface area contributed by atoms with Crippen molar-refractivity contribution in [1.29, 1.82) is 0 Å². The van der Waals surface area contributed by atoms with Gasteiger partial charge in [0.05, 0.1) is 0 Å². The van der Waals surface area contributed by atoms with E-state index < -0.39 is 0 Å². The van der Waals surface area contributed by atoms with Crippen LogP contribution in [0, 0.1) is 0 Å². The minimum absolute atomic E-state index is 0.212. The molecule has 2 nitrogen and oxygen atoms in total. The van der Waals surface area contributed by atoms with Crippen molar-refractivity contribution in [2.45, 2.75) is 39.2 Å². The molecule has 0 saturated carbocycles. The second-order valence-corrected chi connectivity index (χ2v) is 4.76. The average molecular weight is 192 g/mol. The summed E-state index contributed by atoms with van der Waals surface area (Å²) in [4.78, 5) is 0. The van der Waals surface area contributed by atoms with E-state index in [1.165, 1.54) is 11.1 Å². The van der Waals surface area contributed by atoms with Crippen LogP contribution in [0.2, 0.25) is 0 Å². The van der Waals surface area contributed by atoms with Crippen molar-refractivity contribution in [3.05, 3.63) is 35.4 Å². The Hall–Kier alpha value is -0.860. The zero-order chi connectivity index (χ0) is 10.8. The molecule has 0 aliphatic rings. The molecule has 0 radical (unpaired) electrons. The standard InChI is InChI=1S/C12H20N2/c1-9(14-13)10-5-7-11(8-6-10)12(2,3)4/h5-9,14H,13H2,1-4H3/t9-/m1/s1. The summed E-state index contributed by atoms with van der Waals surface area (Å²) in [5, 5.41) is 0. The van der Waals surface area contributed by atoms with Gasteiger partial charge in [0, 0.05) is 6.04 Å². The Balaban J connectivity index is 2.89. The van der Waals surface area contributed by atoms with Crippen molar-refractivity contribution >= 4 is 0 Å². The van der Waals surface area contributed by atoms with E-state index in [0.29, 0.717) is 0 Å². The van der Waals surface area contributed by atoms with Gasteiger partial charge in [-0.2, -0.15) is 0 Å². The summed E-state index contributed by atoms with van der Waals surface area (Å²) in [5.74, 6) is 5.38. The van der Waals surface area contributed by atoms with Crippen LogP contribution in [0.25, 0.3) is 0 Å². The van der Waals surface area contributed by atoms with Gasteiger partial charge in [0.2, 0.25) is 0 Å². The molecule has 1 atom stereocenters. The van der Waals surface area contributed by atoms with Crippen molar-refractivity contribution in [2.75, 3.05) is 0 Å². The molecule has 0 fully saturated rings. The van der Waals surface area contributed by atoms with Crippen molar-refractivity contribution in [3.63, 3.8) is 0 Å². The lowest BCUT2D eigenvalue weighted by molar-refractivity contribution is 0.584. The van der Waals surface area contributed by atoms with Crippen molar-refractivity contribution in [2.24, 2.45) is 5.84 Å². The predicted molar refractivity (Wildman–Crippen MR) is 60.9 cm³/mol. The SMILES string of the molecule is C[C@@H](NN)c1ccc(C(C)(C)C)cc1. The fourth-order valence-corrected chi connectivity index (χ4v) is 1.37. The lowest BCUT2D eigenvalue weighted by Gasteiger charge is -2.20. The smallest absolute Gasteiger partial charge is 0.0431 e. The number of benzene rings is 1. The van der Waals surface area contributed by atoms with Gasteiger partial charge in [0.25, 0.3) is 0 Å². The van der Waals surface area contributed by atoms with Crippen molar-refractivity contribution in [3.8, 4) is 0 Å². The molecule has 0 spiro atoms. The van der Waals surface area contributed by atoms with Crippen molar-refractivity contribution < 1.29 is 0 Å². The van der Waals surface area contributed by atoms with Crippen LogP contribution in [0.5, 0.6) is 0 Å². The molecule has 0 amide bonds. The van der Waals surface area contributed by atoms with Crippen LogP contribution in [0.15, 0.2) is 24.3 Å². The van der Waals surface area contributed by atoms with E-state index >= 15 is 0 Å². The Morgan fingerprint density at radius 2 is 1.64 bits per heavy atom. The Morgan fingerprint density at radius 3 is 2.00 bits per heavy atom. The number of nitrogens with two attached hydrogens (primary N) is 1. The van der Waals surface area contributed by atoms with Crippen LogP contribution in [0.3, 0.4) is 0 Å². The summed E-state index contributed by atoms with van der Waals surface area (Å²) >= 11 is 0. The quantitative estimate of drug-likeness (QED) is 0.558. The largest absolute Gasteiger partial charge is 0.271 e. The van der Waals surface area contributed by atoms with Crippen molar-refractivity contribution in [1.82, 2.24) is 5.43 Å². The number of hydrazine groups is 1. The highest BCUT2D eigenvalue weighted by Gasteiger charge is 2.13. The normalized spacial score (nSPS) is 14.1. The van der Waals surface area contributed by atoms with Gasteiger partial charge in [-0.3, -0.25) is 11.3 Å². The van der Waals surface area contributed by atoms with Gasteiger partial charge in [0.1, 0.15) is 0 Å². The molecular weight excluding hydrogens is 172 g/mol. The van der Waals surface area contributed by atoms with Gasteiger partial charge < -0.3 is 0 Å². The third-order valence-corrected chi connectivity index (χ3v) is 2.53. The fraction of sp³-hybridized carbons (Fsp3) is 0.500. The van der Waals surface area contributed by atoms with Gasteiger partial charge in [-0.15, -0.1) is 0 Å². The molecule has 1 rings (SSSR count). The van der Waals surface area contributed by atoms with Gasteiger partial charge in [-0.1, -0.05) is 45.0 Å². The summed E-state index contributed by atoms with van der Waals surface area (Å²) in [6, 6.07) is 8.81. The minimum Gasteiger partial charge on any atom is -0.271 e. The van der Waals surface area contributed by atoms with E-state index in [9.17, 15) is 0 Å². The van der Waals surface area contributed by atoms with Crippen LogP contribution in [-0.2, 0) is 5.41 Å². The van der Waals surface area contributed by atoms with E-state index in [1.807, 2.05) is 6.92 Å². The highest BCUT2D eigenvalue weighted by Crippen LogP contribution is 2.23. The second-order valence-electron chi connectivity index (χ2n) is 4.76. The van der Waals surface area contributed by atoms with Crippen LogP contribution in [0.4, 0.5) is 0 Å². The molecule has 2 heteroatoms. The first-order valence-corrected chi connectivity index (χ1v) is 5.01. The van der Waals surface area contributed by atoms with E-state index in [-0.39, 0.29) is 11.5 Å². The molecule has 0 aromatic heterocycles. The average Bonchev–Trinajstić information content (AvgIpc) is 2.15. The molecule has 0 saturated heterocycles.